The van der Waals surface area contributed by atoms with Crippen LogP contribution in [-0.2, 0) is 0 Å². The summed E-state index contributed by atoms with van der Waals surface area (Å²) in [5, 5.41) is 3.75. The molecule has 0 aromatic heterocycles. The van der Waals surface area contributed by atoms with Gasteiger partial charge in [-0.25, -0.2) is 0 Å². The van der Waals surface area contributed by atoms with Crippen molar-refractivity contribution in [2.24, 2.45) is 0 Å². The van der Waals surface area contributed by atoms with E-state index in [1.807, 2.05) is 36.4 Å². The summed E-state index contributed by atoms with van der Waals surface area (Å²) in [4.78, 5) is 12.6. The fourth-order valence-electron chi connectivity index (χ4n) is 3.44. The number of nitrogens with one attached hydrogen (secondary N) is 1. The molecule has 1 fully saturated rings. The first-order chi connectivity index (χ1) is 11.3. The molecule has 2 nitrogen and oxygen atoms in total. The Hall–Kier alpha value is -1.93. The third-order valence-electron chi connectivity index (χ3n) is 4.73. The number of benzene rings is 2. The summed E-state index contributed by atoms with van der Waals surface area (Å²) in [5.41, 5.74) is 2.02. The third kappa shape index (κ3) is 4.52. The van der Waals surface area contributed by atoms with Gasteiger partial charge in [0.2, 0.25) is 0 Å². The largest absolute Gasteiger partial charge is 0.307 e. The average Bonchev–Trinajstić information content (AvgIpc) is 2.63. The van der Waals surface area contributed by atoms with Crippen molar-refractivity contribution >= 4 is 5.78 Å². The average molecular weight is 307 g/mol. The summed E-state index contributed by atoms with van der Waals surface area (Å²) in [6.07, 6.45) is 6.91. The summed E-state index contributed by atoms with van der Waals surface area (Å²) in [6.45, 7) is 0. The molecule has 3 rings (SSSR count). The van der Waals surface area contributed by atoms with Gasteiger partial charge in [-0.2, -0.15) is 0 Å². The molecule has 2 aromatic rings. The summed E-state index contributed by atoms with van der Waals surface area (Å²) in [5.74, 6) is 0.211. The van der Waals surface area contributed by atoms with Crippen LogP contribution in [0.1, 0.15) is 60.5 Å². The van der Waals surface area contributed by atoms with Crippen molar-refractivity contribution < 1.29 is 4.79 Å². The molecular weight excluding hydrogens is 282 g/mol. The summed E-state index contributed by atoms with van der Waals surface area (Å²) in [6, 6.07) is 20.7. The van der Waals surface area contributed by atoms with E-state index < -0.39 is 0 Å². The Labute approximate surface area is 138 Å². The van der Waals surface area contributed by atoms with Gasteiger partial charge in [-0.05, 0) is 18.4 Å². The maximum atomic E-state index is 12.6. The van der Waals surface area contributed by atoms with Crippen LogP contribution >= 0.6 is 0 Å². The number of Topliss-reactive ketones (excluding diaryl/α,β-unsaturated/α-hetero) is 1. The zero-order valence-corrected chi connectivity index (χ0v) is 13.6. The second-order valence-corrected chi connectivity index (χ2v) is 6.46. The molecule has 0 bridgehead atoms. The van der Waals surface area contributed by atoms with Gasteiger partial charge in [-0.3, -0.25) is 4.79 Å². The Balaban J connectivity index is 1.73. The van der Waals surface area contributed by atoms with Crippen LogP contribution in [0.15, 0.2) is 60.7 Å². The van der Waals surface area contributed by atoms with Crippen LogP contribution in [0.25, 0.3) is 0 Å². The van der Waals surface area contributed by atoms with E-state index in [-0.39, 0.29) is 11.8 Å². The molecule has 1 aliphatic rings. The molecule has 0 saturated heterocycles. The number of rotatable bonds is 6. The fraction of sp³-hybridized carbons (Fsp3) is 0.381. The van der Waals surface area contributed by atoms with Crippen molar-refractivity contribution in [2.75, 3.05) is 0 Å². The van der Waals surface area contributed by atoms with E-state index in [1.54, 1.807) is 0 Å². The maximum absolute atomic E-state index is 12.6. The summed E-state index contributed by atoms with van der Waals surface area (Å²) < 4.78 is 0. The predicted octanol–water partition coefficient (Wildman–Crippen LogP) is 4.92. The SMILES string of the molecule is O=C(CC(NC1CCCCC1)c1ccccc1)c1ccccc1. The number of carbonyl (C=O) groups is 1. The maximum Gasteiger partial charge on any atom is 0.164 e. The highest BCUT2D eigenvalue weighted by Crippen LogP contribution is 2.24. The molecule has 120 valence electrons. The smallest absolute Gasteiger partial charge is 0.164 e. The first-order valence-electron chi connectivity index (χ1n) is 8.72. The minimum absolute atomic E-state index is 0.104. The van der Waals surface area contributed by atoms with Gasteiger partial charge < -0.3 is 5.32 Å². The van der Waals surface area contributed by atoms with Crippen molar-refractivity contribution in [3.05, 3.63) is 71.8 Å². The first kappa shape index (κ1) is 15.9. The van der Waals surface area contributed by atoms with Gasteiger partial charge in [0.15, 0.2) is 5.78 Å². The Kier molecular flexibility index (Phi) is 5.60. The highest BCUT2D eigenvalue weighted by atomic mass is 16.1. The van der Waals surface area contributed by atoms with Gasteiger partial charge in [0.25, 0.3) is 0 Å². The Morgan fingerprint density at radius 2 is 1.52 bits per heavy atom. The van der Waals surface area contributed by atoms with E-state index in [9.17, 15) is 4.79 Å². The topological polar surface area (TPSA) is 29.1 Å². The van der Waals surface area contributed by atoms with Crippen molar-refractivity contribution in [3.8, 4) is 0 Å². The summed E-state index contributed by atoms with van der Waals surface area (Å²) in [7, 11) is 0. The van der Waals surface area contributed by atoms with Crippen molar-refractivity contribution in [1.29, 1.82) is 0 Å². The zero-order valence-electron chi connectivity index (χ0n) is 13.6. The second kappa shape index (κ2) is 8.07. The van der Waals surface area contributed by atoms with Gasteiger partial charge >= 0.3 is 0 Å². The predicted molar refractivity (Wildman–Crippen MR) is 94.6 cm³/mol. The van der Waals surface area contributed by atoms with Crippen LogP contribution in [-0.4, -0.2) is 11.8 Å². The van der Waals surface area contributed by atoms with Crippen LogP contribution in [0, 0.1) is 0 Å². The van der Waals surface area contributed by atoms with Crippen molar-refractivity contribution in [3.63, 3.8) is 0 Å². The van der Waals surface area contributed by atoms with E-state index in [2.05, 4.69) is 29.6 Å². The zero-order chi connectivity index (χ0) is 15.9. The standard InChI is InChI=1S/C21H25NO/c23-21(18-12-6-2-7-13-18)16-20(17-10-4-1-5-11-17)22-19-14-8-3-9-15-19/h1-2,4-7,10-13,19-20,22H,3,8-9,14-16H2. The fourth-order valence-corrected chi connectivity index (χ4v) is 3.44. The van der Waals surface area contributed by atoms with Crippen LogP contribution < -0.4 is 5.32 Å². The number of hydrogen-bond acceptors (Lipinski definition) is 2. The first-order valence-corrected chi connectivity index (χ1v) is 8.72. The van der Waals surface area contributed by atoms with E-state index in [4.69, 9.17) is 0 Å². The molecule has 1 aliphatic carbocycles. The Morgan fingerprint density at radius 1 is 0.913 bits per heavy atom. The molecule has 0 amide bonds. The monoisotopic (exact) mass is 307 g/mol. The van der Waals surface area contributed by atoms with Crippen molar-refractivity contribution in [1.82, 2.24) is 5.32 Å². The lowest BCUT2D eigenvalue weighted by Crippen LogP contribution is -2.35. The quantitative estimate of drug-likeness (QED) is 0.767. The van der Waals surface area contributed by atoms with Gasteiger partial charge in [0, 0.05) is 24.1 Å². The number of ketones is 1. The Morgan fingerprint density at radius 3 is 2.17 bits per heavy atom. The molecule has 0 radical (unpaired) electrons. The molecule has 0 heterocycles. The molecule has 1 atom stereocenters. The molecule has 1 N–H and O–H groups in total. The lowest BCUT2D eigenvalue weighted by atomic mass is 9.92. The normalized spacial score (nSPS) is 16.9. The number of carbonyl (C=O) groups excluding carboxylic acids is 1. The highest BCUT2D eigenvalue weighted by Gasteiger charge is 2.21. The minimum Gasteiger partial charge on any atom is -0.307 e. The molecule has 1 unspecified atom stereocenters. The van der Waals surface area contributed by atoms with E-state index in [1.165, 1.54) is 37.7 Å². The van der Waals surface area contributed by atoms with E-state index in [0.29, 0.717) is 12.5 Å². The molecular formula is C21H25NO. The van der Waals surface area contributed by atoms with Crippen LogP contribution in [0.4, 0.5) is 0 Å². The van der Waals surface area contributed by atoms with Crippen LogP contribution in [0.5, 0.6) is 0 Å². The molecule has 0 spiro atoms. The van der Waals surface area contributed by atoms with E-state index in [0.717, 1.165) is 5.56 Å². The van der Waals surface area contributed by atoms with Crippen molar-refractivity contribution in [2.45, 2.75) is 50.6 Å². The van der Waals surface area contributed by atoms with Crippen LogP contribution in [0.3, 0.4) is 0 Å². The molecule has 2 aromatic carbocycles. The lowest BCUT2D eigenvalue weighted by Gasteiger charge is -2.28. The number of hydrogen-bond donors (Lipinski definition) is 1. The minimum atomic E-state index is 0.104. The van der Waals surface area contributed by atoms with Gasteiger partial charge in [-0.15, -0.1) is 0 Å². The van der Waals surface area contributed by atoms with Crippen LogP contribution in [0.2, 0.25) is 0 Å². The highest BCUT2D eigenvalue weighted by molar-refractivity contribution is 5.96. The van der Waals surface area contributed by atoms with E-state index >= 15 is 0 Å². The van der Waals surface area contributed by atoms with Gasteiger partial charge in [0.05, 0.1) is 0 Å². The van der Waals surface area contributed by atoms with Gasteiger partial charge in [-0.1, -0.05) is 79.9 Å². The third-order valence-corrected chi connectivity index (χ3v) is 4.73. The second-order valence-electron chi connectivity index (χ2n) is 6.46. The molecule has 2 heteroatoms. The lowest BCUT2D eigenvalue weighted by molar-refractivity contribution is 0.0965. The Bertz CT molecular complexity index is 602. The van der Waals surface area contributed by atoms with Gasteiger partial charge in [0.1, 0.15) is 0 Å². The summed E-state index contributed by atoms with van der Waals surface area (Å²) >= 11 is 0. The molecule has 23 heavy (non-hydrogen) atoms. The molecule has 0 aliphatic heterocycles. The molecule has 1 saturated carbocycles.